The number of carbonyl (C=O) groups excluding carboxylic acids is 1. The standard InChI is InChI=1S/C11H14FN3O/c12-9-1-3-10(4-2-9)14-7-5-11(16)15(14)8-6-13/h1-4H,5-8,13H2. The van der Waals surface area contributed by atoms with E-state index < -0.39 is 0 Å². The van der Waals surface area contributed by atoms with Crippen LogP contribution in [0, 0.1) is 5.82 Å². The topological polar surface area (TPSA) is 49.6 Å². The summed E-state index contributed by atoms with van der Waals surface area (Å²) in [4.78, 5) is 11.6. The molecule has 1 aliphatic heterocycles. The zero-order chi connectivity index (χ0) is 11.5. The van der Waals surface area contributed by atoms with Gasteiger partial charge >= 0.3 is 0 Å². The summed E-state index contributed by atoms with van der Waals surface area (Å²) in [5.41, 5.74) is 6.27. The van der Waals surface area contributed by atoms with E-state index in [-0.39, 0.29) is 11.7 Å². The molecule has 1 aromatic carbocycles. The lowest BCUT2D eigenvalue weighted by atomic mass is 10.3. The van der Waals surface area contributed by atoms with Crippen molar-refractivity contribution in [1.82, 2.24) is 5.01 Å². The maximum absolute atomic E-state index is 12.8. The van der Waals surface area contributed by atoms with E-state index in [2.05, 4.69) is 0 Å². The van der Waals surface area contributed by atoms with E-state index in [1.807, 2.05) is 5.01 Å². The molecule has 5 heteroatoms. The first-order valence-electron chi connectivity index (χ1n) is 5.26. The Bertz CT molecular complexity index is 379. The van der Waals surface area contributed by atoms with Crippen LogP contribution in [0.15, 0.2) is 24.3 Å². The lowest BCUT2D eigenvalue weighted by Gasteiger charge is -2.29. The lowest BCUT2D eigenvalue weighted by Crippen LogP contribution is -2.42. The largest absolute Gasteiger partial charge is 0.329 e. The van der Waals surface area contributed by atoms with E-state index in [0.717, 1.165) is 5.69 Å². The highest BCUT2D eigenvalue weighted by Crippen LogP contribution is 2.22. The molecule has 0 saturated carbocycles. The van der Waals surface area contributed by atoms with Gasteiger partial charge in [-0.1, -0.05) is 0 Å². The molecule has 1 fully saturated rings. The Morgan fingerprint density at radius 3 is 2.62 bits per heavy atom. The van der Waals surface area contributed by atoms with Gasteiger partial charge in [0.25, 0.3) is 0 Å². The summed E-state index contributed by atoms with van der Waals surface area (Å²) in [5, 5.41) is 3.46. The number of rotatable bonds is 3. The Kier molecular flexibility index (Phi) is 3.05. The Morgan fingerprint density at radius 2 is 2.00 bits per heavy atom. The monoisotopic (exact) mass is 223 g/mol. The highest BCUT2D eigenvalue weighted by atomic mass is 19.1. The summed E-state index contributed by atoms with van der Waals surface area (Å²) in [5.74, 6) is -0.213. The van der Waals surface area contributed by atoms with Crippen LogP contribution in [0.1, 0.15) is 6.42 Å². The second-order valence-corrected chi connectivity index (χ2v) is 3.66. The molecule has 1 aliphatic rings. The SMILES string of the molecule is NCCN1C(=O)CCN1c1ccc(F)cc1. The minimum absolute atomic E-state index is 0.0646. The Morgan fingerprint density at radius 1 is 1.31 bits per heavy atom. The van der Waals surface area contributed by atoms with Crippen molar-refractivity contribution < 1.29 is 9.18 Å². The zero-order valence-corrected chi connectivity index (χ0v) is 8.90. The quantitative estimate of drug-likeness (QED) is 0.822. The summed E-state index contributed by atoms with van der Waals surface area (Å²) < 4.78 is 12.8. The number of nitrogens with two attached hydrogens (primary N) is 1. The third-order valence-electron chi connectivity index (χ3n) is 2.58. The van der Waals surface area contributed by atoms with E-state index >= 15 is 0 Å². The van der Waals surface area contributed by atoms with Gasteiger partial charge in [0.15, 0.2) is 0 Å². The smallest absolute Gasteiger partial charge is 0.242 e. The van der Waals surface area contributed by atoms with Crippen molar-refractivity contribution in [3.63, 3.8) is 0 Å². The molecule has 1 heterocycles. The maximum Gasteiger partial charge on any atom is 0.242 e. The van der Waals surface area contributed by atoms with Crippen molar-refractivity contribution in [3.05, 3.63) is 30.1 Å². The number of halogens is 1. The van der Waals surface area contributed by atoms with Gasteiger partial charge in [-0.05, 0) is 24.3 Å². The molecular formula is C11H14FN3O. The van der Waals surface area contributed by atoms with E-state index in [1.165, 1.54) is 12.1 Å². The number of carbonyl (C=O) groups is 1. The van der Waals surface area contributed by atoms with E-state index in [1.54, 1.807) is 17.1 Å². The Hall–Kier alpha value is -1.62. The fraction of sp³-hybridized carbons (Fsp3) is 0.364. The molecule has 1 aromatic rings. The molecule has 0 bridgehead atoms. The second-order valence-electron chi connectivity index (χ2n) is 3.66. The van der Waals surface area contributed by atoms with Crippen LogP contribution in [-0.4, -0.2) is 30.6 Å². The van der Waals surface area contributed by atoms with Crippen LogP contribution < -0.4 is 10.7 Å². The number of hydrogen-bond acceptors (Lipinski definition) is 3. The molecule has 2 rings (SSSR count). The minimum atomic E-state index is -0.278. The number of benzene rings is 1. The van der Waals surface area contributed by atoms with Crippen molar-refractivity contribution in [2.45, 2.75) is 6.42 Å². The highest BCUT2D eigenvalue weighted by molar-refractivity contribution is 5.81. The van der Waals surface area contributed by atoms with Gasteiger partial charge in [-0.3, -0.25) is 14.8 Å². The van der Waals surface area contributed by atoms with Gasteiger partial charge in [-0.15, -0.1) is 0 Å². The van der Waals surface area contributed by atoms with Crippen LogP contribution in [0.5, 0.6) is 0 Å². The third kappa shape index (κ3) is 1.99. The predicted octanol–water partition coefficient (Wildman–Crippen LogP) is 0.738. The number of amides is 1. The zero-order valence-electron chi connectivity index (χ0n) is 8.90. The summed E-state index contributed by atoms with van der Waals surface area (Å²) in [6.07, 6.45) is 0.484. The normalized spacial score (nSPS) is 16.0. The summed E-state index contributed by atoms with van der Waals surface area (Å²) in [6, 6.07) is 6.10. The van der Waals surface area contributed by atoms with Crippen molar-refractivity contribution in [2.24, 2.45) is 5.73 Å². The molecular weight excluding hydrogens is 209 g/mol. The molecule has 0 aliphatic carbocycles. The third-order valence-corrected chi connectivity index (χ3v) is 2.58. The lowest BCUT2D eigenvalue weighted by molar-refractivity contribution is -0.128. The molecule has 0 radical (unpaired) electrons. The Labute approximate surface area is 93.4 Å². The fourth-order valence-electron chi connectivity index (χ4n) is 1.84. The molecule has 1 amide bonds. The molecule has 1 saturated heterocycles. The highest BCUT2D eigenvalue weighted by Gasteiger charge is 2.28. The summed E-state index contributed by atoms with van der Waals surface area (Å²) >= 11 is 0. The van der Waals surface area contributed by atoms with Crippen LogP contribution in [0.3, 0.4) is 0 Å². The summed E-state index contributed by atoms with van der Waals surface area (Å²) in [7, 11) is 0. The first-order chi connectivity index (χ1) is 7.72. The Balaban J connectivity index is 2.19. The van der Waals surface area contributed by atoms with Gasteiger partial charge in [0, 0.05) is 19.5 Å². The number of nitrogens with zero attached hydrogens (tertiary/aromatic N) is 2. The summed E-state index contributed by atoms with van der Waals surface area (Å²) in [6.45, 7) is 1.55. The van der Waals surface area contributed by atoms with Gasteiger partial charge in [0.05, 0.1) is 12.2 Å². The first kappa shape index (κ1) is 10.9. The van der Waals surface area contributed by atoms with Crippen LogP contribution in [0.2, 0.25) is 0 Å². The van der Waals surface area contributed by atoms with Gasteiger partial charge < -0.3 is 5.73 Å². The molecule has 16 heavy (non-hydrogen) atoms. The number of anilines is 1. The van der Waals surface area contributed by atoms with Crippen molar-refractivity contribution >= 4 is 11.6 Å². The molecule has 4 nitrogen and oxygen atoms in total. The fourth-order valence-corrected chi connectivity index (χ4v) is 1.84. The van der Waals surface area contributed by atoms with Crippen molar-refractivity contribution in [1.29, 1.82) is 0 Å². The van der Waals surface area contributed by atoms with E-state index in [4.69, 9.17) is 5.73 Å². The molecule has 2 N–H and O–H groups in total. The van der Waals surface area contributed by atoms with Crippen LogP contribution in [0.25, 0.3) is 0 Å². The first-order valence-corrected chi connectivity index (χ1v) is 5.26. The molecule has 0 spiro atoms. The minimum Gasteiger partial charge on any atom is -0.329 e. The van der Waals surface area contributed by atoms with E-state index in [0.29, 0.717) is 26.1 Å². The number of hydrogen-bond donors (Lipinski definition) is 1. The van der Waals surface area contributed by atoms with Gasteiger partial charge in [0.1, 0.15) is 5.82 Å². The molecule has 0 unspecified atom stereocenters. The average molecular weight is 223 g/mol. The second kappa shape index (κ2) is 4.49. The predicted molar refractivity (Wildman–Crippen MR) is 59.1 cm³/mol. The van der Waals surface area contributed by atoms with E-state index in [9.17, 15) is 9.18 Å². The number of hydrazine groups is 1. The van der Waals surface area contributed by atoms with Crippen LogP contribution in [-0.2, 0) is 4.79 Å². The van der Waals surface area contributed by atoms with Crippen LogP contribution in [0.4, 0.5) is 10.1 Å². The maximum atomic E-state index is 12.8. The van der Waals surface area contributed by atoms with Gasteiger partial charge in [0.2, 0.25) is 5.91 Å². The average Bonchev–Trinajstić information content (AvgIpc) is 2.63. The molecule has 0 atom stereocenters. The molecule has 0 aromatic heterocycles. The van der Waals surface area contributed by atoms with Crippen molar-refractivity contribution in [2.75, 3.05) is 24.6 Å². The van der Waals surface area contributed by atoms with Gasteiger partial charge in [-0.25, -0.2) is 4.39 Å². The van der Waals surface area contributed by atoms with Crippen LogP contribution >= 0.6 is 0 Å². The van der Waals surface area contributed by atoms with Gasteiger partial charge in [-0.2, -0.15) is 0 Å². The molecule has 86 valence electrons. The van der Waals surface area contributed by atoms with Crippen molar-refractivity contribution in [3.8, 4) is 0 Å².